The molecule has 1 aromatic heterocycles. The number of nitrogens with zero attached hydrogens (tertiary/aromatic N) is 3. The van der Waals surface area contributed by atoms with E-state index in [0.29, 0.717) is 21.7 Å². The number of halogens is 4. The van der Waals surface area contributed by atoms with Gasteiger partial charge in [0.25, 0.3) is 0 Å². The average Bonchev–Trinajstić information content (AvgIpc) is 3.30. The molecule has 0 saturated carbocycles. The molecule has 1 aliphatic heterocycles. The lowest BCUT2D eigenvalue weighted by Gasteiger charge is -2.22. The summed E-state index contributed by atoms with van der Waals surface area (Å²) in [6.07, 6.45) is -5.75. The summed E-state index contributed by atoms with van der Waals surface area (Å²) in [7, 11) is 0. The molecule has 0 aliphatic carbocycles. The maximum Gasteiger partial charge on any atom is 0.458 e. The molecular formula is C18H11ClF3N3O3. The van der Waals surface area contributed by atoms with Gasteiger partial charge >= 0.3 is 12.0 Å². The van der Waals surface area contributed by atoms with Gasteiger partial charge in [0.05, 0.1) is 22.7 Å². The highest BCUT2D eigenvalue weighted by molar-refractivity contribution is 6.33. The van der Waals surface area contributed by atoms with Gasteiger partial charge in [-0.1, -0.05) is 41.0 Å². The smallest absolute Gasteiger partial charge is 0.416 e. The molecule has 0 radical (unpaired) electrons. The third-order valence-corrected chi connectivity index (χ3v) is 4.48. The van der Waals surface area contributed by atoms with Gasteiger partial charge in [-0.15, -0.1) is 10.2 Å². The van der Waals surface area contributed by atoms with Crippen LogP contribution >= 0.6 is 11.6 Å². The van der Waals surface area contributed by atoms with Crippen LogP contribution in [0.15, 0.2) is 58.1 Å². The fourth-order valence-electron chi connectivity index (χ4n) is 2.62. The van der Waals surface area contributed by atoms with Gasteiger partial charge in [-0.3, -0.25) is 0 Å². The molecule has 28 heavy (non-hydrogen) atoms. The summed E-state index contributed by atoms with van der Waals surface area (Å²) in [4.78, 5) is 4.22. The zero-order chi connectivity index (χ0) is 19.9. The Kier molecular flexibility index (Phi) is 4.35. The first-order chi connectivity index (χ1) is 13.3. The van der Waals surface area contributed by atoms with Crippen LogP contribution in [0, 0.1) is 0 Å². The quantitative estimate of drug-likeness (QED) is 0.692. The lowest BCUT2D eigenvalue weighted by Crippen LogP contribution is -2.45. The van der Waals surface area contributed by atoms with E-state index < -0.39 is 18.4 Å². The molecule has 2 aromatic carbocycles. The largest absolute Gasteiger partial charge is 0.458 e. The molecule has 1 aliphatic rings. The number of hydrogen-bond donors (Lipinski definition) is 1. The van der Waals surface area contributed by atoms with Crippen LogP contribution in [0.3, 0.4) is 0 Å². The van der Waals surface area contributed by atoms with E-state index in [9.17, 15) is 18.3 Å². The molecule has 1 atom stereocenters. The fraction of sp³-hybridized carbons (Fsp3) is 0.167. The van der Waals surface area contributed by atoms with Crippen LogP contribution in [0.1, 0.15) is 12.0 Å². The zero-order valence-electron chi connectivity index (χ0n) is 13.9. The van der Waals surface area contributed by atoms with Gasteiger partial charge in [0.2, 0.25) is 11.8 Å². The van der Waals surface area contributed by atoms with Gasteiger partial charge in [-0.05, 0) is 29.8 Å². The van der Waals surface area contributed by atoms with Crippen molar-refractivity contribution in [2.45, 2.75) is 18.4 Å². The summed E-state index contributed by atoms with van der Waals surface area (Å²) < 4.78 is 44.0. The van der Waals surface area contributed by atoms with Crippen LogP contribution in [0.5, 0.6) is 0 Å². The van der Waals surface area contributed by atoms with Crippen molar-refractivity contribution >= 4 is 17.3 Å². The van der Waals surface area contributed by atoms with Gasteiger partial charge in [0, 0.05) is 5.56 Å². The van der Waals surface area contributed by atoms with Gasteiger partial charge in [-0.2, -0.15) is 13.2 Å². The minimum Gasteiger partial charge on any atom is -0.416 e. The number of aromatic nitrogens is 2. The van der Waals surface area contributed by atoms with Gasteiger partial charge in [-0.25, -0.2) is 0 Å². The van der Waals surface area contributed by atoms with Crippen molar-refractivity contribution in [3.63, 3.8) is 0 Å². The molecule has 0 saturated heterocycles. The first-order valence-electron chi connectivity index (χ1n) is 8.00. The molecule has 4 rings (SSSR count). The topological polar surface area (TPSA) is 80.7 Å². The Labute approximate surface area is 161 Å². The van der Waals surface area contributed by atoms with Crippen LogP contribution < -0.4 is 0 Å². The Morgan fingerprint density at radius 1 is 0.964 bits per heavy atom. The van der Waals surface area contributed by atoms with Crippen molar-refractivity contribution in [3.8, 4) is 22.9 Å². The van der Waals surface area contributed by atoms with E-state index in [4.69, 9.17) is 16.0 Å². The van der Waals surface area contributed by atoms with Crippen molar-refractivity contribution in [2.75, 3.05) is 0 Å². The van der Waals surface area contributed by atoms with E-state index in [2.05, 4.69) is 20.2 Å². The van der Waals surface area contributed by atoms with Gasteiger partial charge in [0.1, 0.15) is 0 Å². The van der Waals surface area contributed by atoms with E-state index in [-0.39, 0.29) is 17.5 Å². The predicted molar refractivity (Wildman–Crippen MR) is 93.4 cm³/mol. The Bertz CT molecular complexity index is 1050. The highest BCUT2D eigenvalue weighted by Crippen LogP contribution is 2.39. The minimum atomic E-state index is -4.95. The number of benzene rings is 2. The number of aliphatic hydroxyl groups is 1. The molecule has 144 valence electrons. The lowest BCUT2D eigenvalue weighted by molar-refractivity contribution is -0.355. The Morgan fingerprint density at radius 2 is 1.61 bits per heavy atom. The maximum atomic E-state index is 12.8. The molecule has 0 amide bonds. The van der Waals surface area contributed by atoms with Crippen molar-refractivity contribution in [2.24, 2.45) is 5.16 Å². The van der Waals surface area contributed by atoms with Gasteiger partial charge in [0.15, 0.2) is 0 Å². The summed E-state index contributed by atoms with van der Waals surface area (Å²) in [6, 6.07) is 13.2. The molecule has 0 fully saturated rings. The second-order valence-corrected chi connectivity index (χ2v) is 6.46. The van der Waals surface area contributed by atoms with Crippen molar-refractivity contribution in [1.82, 2.24) is 10.2 Å². The maximum absolute atomic E-state index is 12.8. The number of rotatable bonds is 3. The molecule has 1 N–H and O–H groups in total. The first kappa shape index (κ1) is 18.5. The number of oxime groups is 1. The van der Waals surface area contributed by atoms with Crippen molar-refractivity contribution < 1.29 is 27.5 Å². The monoisotopic (exact) mass is 409 g/mol. The van der Waals surface area contributed by atoms with Crippen molar-refractivity contribution in [1.29, 1.82) is 0 Å². The number of hydrogen-bond acceptors (Lipinski definition) is 6. The highest BCUT2D eigenvalue weighted by atomic mass is 35.5. The molecule has 10 heteroatoms. The number of alkyl halides is 3. The molecule has 1 unspecified atom stereocenters. The normalized spacial score (nSPS) is 19.4. The Balaban J connectivity index is 1.55. The second kappa shape index (κ2) is 6.61. The first-order valence-corrected chi connectivity index (χ1v) is 8.38. The van der Waals surface area contributed by atoms with E-state index in [1.165, 1.54) is 12.1 Å². The second-order valence-electron chi connectivity index (χ2n) is 6.06. The fourth-order valence-corrected chi connectivity index (χ4v) is 2.83. The average molecular weight is 410 g/mol. The van der Waals surface area contributed by atoms with E-state index in [1.807, 2.05) is 0 Å². The lowest BCUT2D eigenvalue weighted by atomic mass is 10.0. The minimum absolute atomic E-state index is 0.0198. The summed E-state index contributed by atoms with van der Waals surface area (Å²) in [6.45, 7) is 0. The van der Waals surface area contributed by atoms with Crippen molar-refractivity contribution in [3.05, 3.63) is 59.1 Å². The summed E-state index contributed by atoms with van der Waals surface area (Å²) >= 11 is 6.11. The molecule has 2 heterocycles. The molecular weight excluding hydrogens is 399 g/mol. The SMILES string of the molecule is OC1(C(F)(F)F)CC(c2ccc(-c3nnc(-c4ccccc4Cl)o3)cc2)=NO1. The summed E-state index contributed by atoms with van der Waals surface area (Å²) in [5, 5.41) is 21.3. The standard InChI is InChI=1S/C18H11ClF3N3O3/c19-13-4-2-1-3-12(13)16-24-23-15(27-16)11-7-5-10(6-8-11)14-9-17(26,28-25-14)18(20,21)22/h1-8,26H,9H2. The van der Waals surface area contributed by atoms with Crippen LogP contribution in [0.4, 0.5) is 13.2 Å². The molecule has 3 aromatic rings. The highest BCUT2D eigenvalue weighted by Gasteiger charge is 2.60. The Hall–Kier alpha value is -2.91. The Morgan fingerprint density at radius 3 is 2.25 bits per heavy atom. The zero-order valence-corrected chi connectivity index (χ0v) is 14.7. The molecule has 0 spiro atoms. The molecule has 0 bridgehead atoms. The van der Waals surface area contributed by atoms with E-state index in [1.54, 1.807) is 36.4 Å². The van der Waals surface area contributed by atoms with Gasteiger partial charge < -0.3 is 14.4 Å². The third-order valence-electron chi connectivity index (χ3n) is 4.15. The van der Waals surface area contributed by atoms with Crippen LogP contribution in [0.2, 0.25) is 5.02 Å². The molecule has 6 nitrogen and oxygen atoms in total. The third kappa shape index (κ3) is 3.23. The summed E-state index contributed by atoms with van der Waals surface area (Å²) in [5.74, 6) is -2.84. The van der Waals surface area contributed by atoms with Crippen LogP contribution in [-0.4, -0.2) is 33.0 Å². The predicted octanol–water partition coefficient (Wildman–Crippen LogP) is 4.43. The summed E-state index contributed by atoms with van der Waals surface area (Å²) in [5.41, 5.74) is 1.49. The van der Waals surface area contributed by atoms with E-state index >= 15 is 0 Å². The van der Waals surface area contributed by atoms with E-state index in [0.717, 1.165) is 0 Å². The van der Waals surface area contributed by atoms with Crippen LogP contribution in [-0.2, 0) is 4.84 Å². The van der Waals surface area contributed by atoms with Crippen LogP contribution in [0.25, 0.3) is 22.9 Å².